The number of amides is 1. The van der Waals surface area contributed by atoms with Crippen molar-refractivity contribution in [1.82, 2.24) is 9.80 Å². The van der Waals surface area contributed by atoms with Crippen LogP contribution in [0.15, 0.2) is 65.1 Å². The first-order valence-corrected chi connectivity index (χ1v) is 9.80. The molecule has 1 amide bonds. The summed E-state index contributed by atoms with van der Waals surface area (Å²) in [6.45, 7) is 5.77. The number of benzene rings is 2. The second-order valence-electron chi connectivity index (χ2n) is 7.33. The van der Waals surface area contributed by atoms with E-state index in [1.54, 1.807) is 6.07 Å². The number of nitrogens with zero attached hydrogens (tertiary/aromatic N) is 3. The van der Waals surface area contributed by atoms with E-state index in [0.29, 0.717) is 24.4 Å². The fraction of sp³-hybridized carbons (Fsp3) is 0.250. The molecule has 0 radical (unpaired) electrons. The standard InChI is InChI=1S/C24H23N3O2/c1-18-6-11-23(29-18)24(28)27-14-12-26(13-15-27)17-19-7-9-20(10-8-19)22-5-3-2-4-21(22)16-25/h2-11H,12-15,17H2,1H3. The van der Waals surface area contributed by atoms with Crippen LogP contribution in [0.4, 0.5) is 0 Å². The molecule has 0 N–H and O–H groups in total. The van der Waals surface area contributed by atoms with E-state index in [4.69, 9.17) is 4.42 Å². The van der Waals surface area contributed by atoms with Crippen molar-refractivity contribution < 1.29 is 9.21 Å². The fourth-order valence-electron chi connectivity index (χ4n) is 3.69. The Morgan fingerprint density at radius 1 is 1.00 bits per heavy atom. The van der Waals surface area contributed by atoms with Gasteiger partial charge >= 0.3 is 0 Å². The van der Waals surface area contributed by atoms with Crippen molar-refractivity contribution in [2.75, 3.05) is 26.2 Å². The molecule has 0 bridgehead atoms. The number of carbonyl (C=O) groups is 1. The first-order chi connectivity index (χ1) is 14.1. The minimum absolute atomic E-state index is 0.0294. The smallest absolute Gasteiger partial charge is 0.289 e. The number of piperazine rings is 1. The molecule has 5 nitrogen and oxygen atoms in total. The first-order valence-electron chi connectivity index (χ1n) is 9.80. The van der Waals surface area contributed by atoms with E-state index >= 15 is 0 Å². The van der Waals surface area contributed by atoms with Crippen LogP contribution >= 0.6 is 0 Å². The van der Waals surface area contributed by atoms with Gasteiger partial charge in [-0.15, -0.1) is 0 Å². The van der Waals surface area contributed by atoms with E-state index in [1.165, 1.54) is 5.56 Å². The van der Waals surface area contributed by atoms with Crippen LogP contribution < -0.4 is 0 Å². The number of hydrogen-bond donors (Lipinski definition) is 0. The summed E-state index contributed by atoms with van der Waals surface area (Å²) in [4.78, 5) is 16.7. The molecule has 2 heterocycles. The zero-order valence-corrected chi connectivity index (χ0v) is 16.5. The maximum absolute atomic E-state index is 12.5. The van der Waals surface area contributed by atoms with Crippen LogP contribution in [0, 0.1) is 18.3 Å². The molecule has 2 aromatic carbocycles. The fourth-order valence-corrected chi connectivity index (χ4v) is 3.69. The maximum Gasteiger partial charge on any atom is 0.289 e. The molecule has 0 atom stereocenters. The van der Waals surface area contributed by atoms with Crippen LogP contribution in [-0.2, 0) is 6.54 Å². The minimum atomic E-state index is -0.0294. The molecule has 146 valence electrons. The molecule has 0 unspecified atom stereocenters. The summed E-state index contributed by atoms with van der Waals surface area (Å²) in [5.41, 5.74) is 3.93. The van der Waals surface area contributed by atoms with Crippen molar-refractivity contribution in [2.24, 2.45) is 0 Å². The third-order valence-corrected chi connectivity index (χ3v) is 5.33. The van der Waals surface area contributed by atoms with Gasteiger partial charge in [-0.2, -0.15) is 5.26 Å². The number of furan rings is 1. The second kappa shape index (κ2) is 8.34. The number of nitriles is 1. The lowest BCUT2D eigenvalue weighted by molar-refractivity contribution is 0.0596. The van der Waals surface area contributed by atoms with E-state index in [0.717, 1.165) is 36.5 Å². The van der Waals surface area contributed by atoms with Gasteiger partial charge in [0.2, 0.25) is 0 Å². The van der Waals surface area contributed by atoms with Crippen molar-refractivity contribution >= 4 is 5.91 Å². The van der Waals surface area contributed by atoms with Crippen LogP contribution in [0.25, 0.3) is 11.1 Å². The SMILES string of the molecule is Cc1ccc(C(=O)N2CCN(Cc3ccc(-c4ccccc4C#N)cc3)CC2)o1. The molecular weight excluding hydrogens is 362 g/mol. The topological polar surface area (TPSA) is 60.5 Å². The monoisotopic (exact) mass is 385 g/mol. The van der Waals surface area contributed by atoms with Crippen molar-refractivity contribution in [3.63, 3.8) is 0 Å². The van der Waals surface area contributed by atoms with Gasteiger partial charge in [-0.1, -0.05) is 42.5 Å². The van der Waals surface area contributed by atoms with Gasteiger partial charge in [0, 0.05) is 32.7 Å². The zero-order valence-electron chi connectivity index (χ0n) is 16.5. The summed E-state index contributed by atoms with van der Waals surface area (Å²) in [7, 11) is 0. The minimum Gasteiger partial charge on any atom is -0.456 e. The molecule has 4 rings (SSSR count). The summed E-state index contributed by atoms with van der Waals surface area (Å²) in [6.07, 6.45) is 0. The highest BCUT2D eigenvalue weighted by Gasteiger charge is 2.24. The van der Waals surface area contributed by atoms with Crippen molar-refractivity contribution in [1.29, 1.82) is 5.26 Å². The Morgan fingerprint density at radius 3 is 2.38 bits per heavy atom. The quantitative estimate of drug-likeness (QED) is 0.679. The van der Waals surface area contributed by atoms with E-state index in [9.17, 15) is 10.1 Å². The molecule has 1 saturated heterocycles. The number of rotatable bonds is 4. The third-order valence-electron chi connectivity index (χ3n) is 5.33. The van der Waals surface area contributed by atoms with Gasteiger partial charge in [0.25, 0.3) is 5.91 Å². The van der Waals surface area contributed by atoms with Gasteiger partial charge < -0.3 is 9.32 Å². The highest BCUT2D eigenvalue weighted by Crippen LogP contribution is 2.24. The van der Waals surface area contributed by atoms with E-state index in [-0.39, 0.29) is 5.91 Å². The molecule has 29 heavy (non-hydrogen) atoms. The summed E-state index contributed by atoms with van der Waals surface area (Å²) in [5, 5.41) is 9.29. The Morgan fingerprint density at radius 2 is 1.72 bits per heavy atom. The average Bonchev–Trinajstić information content (AvgIpc) is 3.20. The van der Waals surface area contributed by atoms with Crippen LogP contribution in [0.1, 0.15) is 27.4 Å². The van der Waals surface area contributed by atoms with Gasteiger partial charge in [0.15, 0.2) is 5.76 Å². The average molecular weight is 385 g/mol. The zero-order chi connectivity index (χ0) is 20.2. The Labute approximate surface area is 170 Å². The third kappa shape index (κ3) is 4.23. The van der Waals surface area contributed by atoms with E-state index in [1.807, 2.05) is 42.2 Å². The molecule has 1 fully saturated rings. The van der Waals surface area contributed by atoms with Gasteiger partial charge in [0.1, 0.15) is 5.76 Å². The van der Waals surface area contributed by atoms with Gasteiger partial charge in [-0.25, -0.2) is 0 Å². The van der Waals surface area contributed by atoms with Crippen molar-refractivity contribution in [2.45, 2.75) is 13.5 Å². The van der Waals surface area contributed by atoms with Crippen molar-refractivity contribution in [3.8, 4) is 17.2 Å². The van der Waals surface area contributed by atoms with Gasteiger partial charge in [-0.3, -0.25) is 9.69 Å². The Hall–Kier alpha value is -3.36. The number of hydrogen-bond acceptors (Lipinski definition) is 4. The largest absolute Gasteiger partial charge is 0.456 e. The lowest BCUT2D eigenvalue weighted by atomic mass is 9.99. The highest BCUT2D eigenvalue weighted by atomic mass is 16.3. The van der Waals surface area contributed by atoms with E-state index < -0.39 is 0 Å². The molecule has 3 aromatic rings. The van der Waals surface area contributed by atoms with Gasteiger partial charge in [0.05, 0.1) is 11.6 Å². The highest BCUT2D eigenvalue weighted by molar-refractivity contribution is 5.91. The molecular formula is C24H23N3O2. The second-order valence-corrected chi connectivity index (χ2v) is 7.33. The molecule has 1 aromatic heterocycles. The first kappa shape index (κ1) is 19.0. The Bertz CT molecular complexity index is 1040. The molecule has 1 aliphatic rings. The maximum atomic E-state index is 12.5. The number of aryl methyl sites for hydroxylation is 1. The van der Waals surface area contributed by atoms with Crippen LogP contribution in [0.2, 0.25) is 0 Å². The summed E-state index contributed by atoms with van der Waals surface area (Å²) in [5.74, 6) is 1.15. The van der Waals surface area contributed by atoms with Crippen LogP contribution in [0.3, 0.4) is 0 Å². The van der Waals surface area contributed by atoms with Crippen molar-refractivity contribution in [3.05, 3.63) is 83.3 Å². The molecule has 5 heteroatoms. The normalized spacial score (nSPS) is 14.6. The predicted octanol–water partition coefficient (Wildman–Crippen LogP) is 4.08. The molecule has 0 spiro atoms. The summed E-state index contributed by atoms with van der Waals surface area (Å²) >= 11 is 0. The molecule has 1 aliphatic heterocycles. The Kier molecular flexibility index (Phi) is 5.46. The summed E-state index contributed by atoms with van der Waals surface area (Å²) < 4.78 is 5.46. The molecule has 0 aliphatic carbocycles. The number of carbonyl (C=O) groups excluding carboxylic acids is 1. The van der Waals surface area contributed by atoms with Crippen LogP contribution in [0.5, 0.6) is 0 Å². The lowest BCUT2D eigenvalue weighted by Gasteiger charge is -2.34. The lowest BCUT2D eigenvalue weighted by Crippen LogP contribution is -2.48. The summed E-state index contributed by atoms with van der Waals surface area (Å²) in [6, 6.07) is 21.9. The Balaban J connectivity index is 1.35. The van der Waals surface area contributed by atoms with E-state index in [2.05, 4.69) is 35.2 Å². The predicted molar refractivity (Wildman–Crippen MR) is 111 cm³/mol. The van der Waals surface area contributed by atoms with Crippen LogP contribution in [-0.4, -0.2) is 41.9 Å². The molecule has 0 saturated carbocycles. The van der Waals surface area contributed by atoms with Gasteiger partial charge in [-0.05, 0) is 41.8 Å².